The van der Waals surface area contributed by atoms with E-state index < -0.39 is 23.8 Å². The smallest absolute Gasteiger partial charge is 0.408 e. The topological polar surface area (TPSA) is 81.5 Å². The Morgan fingerprint density at radius 2 is 1.83 bits per heavy atom. The minimum atomic E-state index is -0.833. The second-order valence-corrected chi connectivity index (χ2v) is 5.91. The number of nitrogens with one attached hydrogen (secondary N) is 1. The Labute approximate surface area is 108 Å². The van der Waals surface area contributed by atoms with Crippen molar-refractivity contribution in [1.82, 2.24) is 5.32 Å². The van der Waals surface area contributed by atoms with Crippen LogP contribution in [0.25, 0.3) is 0 Å². The second-order valence-electron chi connectivity index (χ2n) is 5.91. The van der Waals surface area contributed by atoms with Crippen LogP contribution in [0.15, 0.2) is 0 Å². The molecule has 6 nitrogen and oxygen atoms in total. The highest BCUT2D eigenvalue weighted by Gasteiger charge is 2.30. The highest BCUT2D eigenvalue weighted by atomic mass is 16.6. The van der Waals surface area contributed by atoms with Crippen molar-refractivity contribution in [3.63, 3.8) is 0 Å². The van der Waals surface area contributed by atoms with Crippen molar-refractivity contribution in [1.29, 1.82) is 0 Å². The summed E-state index contributed by atoms with van der Waals surface area (Å²) in [5.41, 5.74) is -0.607. The van der Waals surface area contributed by atoms with E-state index in [0.717, 1.165) is 0 Å². The van der Waals surface area contributed by atoms with Gasteiger partial charge in [0.1, 0.15) is 5.60 Å². The van der Waals surface area contributed by atoms with Crippen molar-refractivity contribution in [2.75, 3.05) is 0 Å². The number of carbonyl (C=O) groups excluding carboxylic acids is 1. The van der Waals surface area contributed by atoms with Crippen LogP contribution < -0.4 is 5.32 Å². The summed E-state index contributed by atoms with van der Waals surface area (Å²) in [4.78, 5) is 22.0. The first-order valence-corrected chi connectivity index (χ1v) is 6.16. The fraction of sp³-hybridized carbons (Fsp3) is 0.917. The van der Waals surface area contributed by atoms with Gasteiger partial charge in [-0.15, -0.1) is 0 Å². The molecule has 0 aromatic heterocycles. The monoisotopic (exact) mass is 260 g/mol. The Morgan fingerprint density at radius 1 is 1.33 bits per heavy atom. The standard InChI is InChI=1S/C12H24N2O4/c1-8(2)7-10(9(3)14(16)17)13-11(15)18-12(4,5)6/h8-10H,7H2,1-6H3,(H,13,15)/t9-,10+/m0/s1. The third-order valence-corrected chi connectivity index (χ3v) is 2.34. The maximum atomic E-state index is 11.6. The average Bonchev–Trinajstić information content (AvgIpc) is 2.11. The summed E-state index contributed by atoms with van der Waals surface area (Å²) in [6.45, 7) is 10.7. The van der Waals surface area contributed by atoms with Crippen LogP contribution in [-0.2, 0) is 4.74 Å². The van der Waals surface area contributed by atoms with E-state index in [0.29, 0.717) is 6.42 Å². The van der Waals surface area contributed by atoms with Crippen LogP contribution in [0, 0.1) is 16.0 Å². The normalized spacial score (nSPS) is 15.1. The van der Waals surface area contributed by atoms with Crippen LogP contribution in [0.4, 0.5) is 4.79 Å². The molecule has 0 fully saturated rings. The van der Waals surface area contributed by atoms with Crippen molar-refractivity contribution in [3.8, 4) is 0 Å². The molecule has 0 aliphatic heterocycles. The van der Waals surface area contributed by atoms with Crippen molar-refractivity contribution >= 4 is 6.09 Å². The summed E-state index contributed by atoms with van der Waals surface area (Å²) in [6.07, 6.45) is -0.0664. The molecular formula is C12H24N2O4. The molecule has 6 heteroatoms. The molecule has 0 unspecified atom stereocenters. The molecule has 0 rings (SSSR count). The maximum Gasteiger partial charge on any atom is 0.408 e. The molecule has 0 aromatic carbocycles. The number of alkyl carbamates (subject to hydrolysis) is 1. The molecule has 0 aromatic rings. The average molecular weight is 260 g/mol. The number of carbonyl (C=O) groups is 1. The van der Waals surface area contributed by atoms with Crippen molar-refractivity contribution < 1.29 is 14.5 Å². The summed E-state index contributed by atoms with van der Waals surface area (Å²) in [5, 5.41) is 13.4. The van der Waals surface area contributed by atoms with Gasteiger partial charge in [0.25, 0.3) is 0 Å². The molecule has 0 bridgehead atoms. The SMILES string of the molecule is CC(C)C[C@@H](NC(=O)OC(C)(C)C)[C@H](C)[N+](=O)[O-]. The maximum absolute atomic E-state index is 11.6. The molecule has 0 saturated heterocycles. The number of hydrogen-bond donors (Lipinski definition) is 1. The fourth-order valence-electron chi connectivity index (χ4n) is 1.49. The summed E-state index contributed by atoms with van der Waals surface area (Å²) >= 11 is 0. The lowest BCUT2D eigenvalue weighted by Crippen LogP contribution is -2.47. The Kier molecular flexibility index (Phi) is 6.08. The molecule has 0 aliphatic rings. The zero-order valence-electron chi connectivity index (χ0n) is 12.0. The van der Waals surface area contributed by atoms with Gasteiger partial charge in [0.2, 0.25) is 6.04 Å². The quantitative estimate of drug-likeness (QED) is 0.608. The molecule has 1 N–H and O–H groups in total. The lowest BCUT2D eigenvalue weighted by Gasteiger charge is -2.25. The molecule has 2 atom stereocenters. The Bertz CT molecular complexity index is 297. The van der Waals surface area contributed by atoms with E-state index >= 15 is 0 Å². The number of rotatable bonds is 5. The van der Waals surface area contributed by atoms with Crippen LogP contribution >= 0.6 is 0 Å². The van der Waals surface area contributed by atoms with Crippen LogP contribution in [0.3, 0.4) is 0 Å². The molecule has 18 heavy (non-hydrogen) atoms. The van der Waals surface area contributed by atoms with E-state index in [2.05, 4.69) is 5.32 Å². The van der Waals surface area contributed by atoms with Gasteiger partial charge in [-0.1, -0.05) is 13.8 Å². The first-order chi connectivity index (χ1) is 8.03. The van der Waals surface area contributed by atoms with Crippen molar-refractivity contribution in [2.24, 2.45) is 5.92 Å². The largest absolute Gasteiger partial charge is 0.444 e. The predicted octanol–water partition coefficient (Wildman–Crippen LogP) is 2.59. The van der Waals surface area contributed by atoms with Gasteiger partial charge in [0.15, 0.2) is 0 Å². The summed E-state index contributed by atoms with van der Waals surface area (Å²) in [6, 6.07) is -1.35. The number of amides is 1. The Hall–Kier alpha value is -1.33. The van der Waals surface area contributed by atoms with Gasteiger partial charge < -0.3 is 10.1 Å². The second kappa shape index (κ2) is 6.56. The van der Waals surface area contributed by atoms with Gasteiger partial charge in [-0.25, -0.2) is 4.79 Å². The molecule has 1 amide bonds. The molecule has 0 heterocycles. The summed E-state index contributed by atoms with van der Waals surface area (Å²) < 4.78 is 5.11. The first kappa shape index (κ1) is 16.7. The molecule has 0 radical (unpaired) electrons. The lowest BCUT2D eigenvalue weighted by molar-refractivity contribution is -0.522. The summed E-state index contributed by atoms with van der Waals surface area (Å²) in [5.74, 6) is 0.257. The number of ether oxygens (including phenoxy) is 1. The van der Waals surface area contributed by atoms with Gasteiger partial charge in [-0.2, -0.15) is 0 Å². The third kappa shape index (κ3) is 7.09. The Morgan fingerprint density at radius 3 is 2.17 bits per heavy atom. The Balaban J connectivity index is 4.59. The highest BCUT2D eigenvalue weighted by molar-refractivity contribution is 5.68. The van der Waals surface area contributed by atoms with Crippen LogP contribution in [0.2, 0.25) is 0 Å². The van der Waals surface area contributed by atoms with Crippen molar-refractivity contribution in [2.45, 2.75) is 65.6 Å². The third-order valence-electron chi connectivity index (χ3n) is 2.34. The van der Waals surface area contributed by atoms with Crippen LogP contribution in [0.1, 0.15) is 48.0 Å². The van der Waals surface area contributed by atoms with E-state index in [1.165, 1.54) is 6.92 Å². The van der Waals surface area contributed by atoms with Gasteiger partial charge in [-0.3, -0.25) is 10.1 Å². The molecule has 0 saturated carbocycles. The van der Waals surface area contributed by atoms with E-state index in [1.54, 1.807) is 20.8 Å². The number of nitrogens with zero attached hydrogens (tertiary/aromatic N) is 1. The minimum Gasteiger partial charge on any atom is -0.444 e. The van der Waals surface area contributed by atoms with Gasteiger partial charge in [-0.05, 0) is 33.1 Å². The zero-order chi connectivity index (χ0) is 14.5. The van der Waals surface area contributed by atoms with E-state index in [-0.39, 0.29) is 10.8 Å². The van der Waals surface area contributed by atoms with Crippen LogP contribution in [-0.4, -0.2) is 28.7 Å². The van der Waals surface area contributed by atoms with E-state index in [9.17, 15) is 14.9 Å². The van der Waals surface area contributed by atoms with Gasteiger partial charge in [0, 0.05) is 11.8 Å². The van der Waals surface area contributed by atoms with Crippen LogP contribution in [0.5, 0.6) is 0 Å². The van der Waals surface area contributed by atoms with Gasteiger partial charge in [0.05, 0.1) is 6.04 Å². The van der Waals surface area contributed by atoms with Crippen molar-refractivity contribution in [3.05, 3.63) is 10.1 Å². The summed E-state index contributed by atoms with van der Waals surface area (Å²) in [7, 11) is 0. The first-order valence-electron chi connectivity index (χ1n) is 6.16. The fourth-order valence-corrected chi connectivity index (χ4v) is 1.49. The zero-order valence-corrected chi connectivity index (χ0v) is 12.0. The molecule has 0 aliphatic carbocycles. The minimum absolute atomic E-state index is 0.257. The molecule has 0 spiro atoms. The molecule has 106 valence electrons. The highest BCUT2D eigenvalue weighted by Crippen LogP contribution is 2.12. The number of nitro groups is 1. The predicted molar refractivity (Wildman–Crippen MR) is 69.1 cm³/mol. The van der Waals surface area contributed by atoms with Gasteiger partial charge >= 0.3 is 6.09 Å². The van der Waals surface area contributed by atoms with E-state index in [1.807, 2.05) is 13.8 Å². The molecular weight excluding hydrogens is 236 g/mol. The lowest BCUT2D eigenvalue weighted by atomic mass is 9.99. The van der Waals surface area contributed by atoms with E-state index in [4.69, 9.17) is 4.74 Å². The number of hydrogen-bond acceptors (Lipinski definition) is 4.